The normalized spacial score (nSPS) is 22.5. The van der Waals surface area contributed by atoms with Crippen LogP contribution in [0.5, 0.6) is 0 Å². The van der Waals surface area contributed by atoms with E-state index < -0.39 is 0 Å². The third-order valence-electron chi connectivity index (χ3n) is 3.21. The van der Waals surface area contributed by atoms with Gasteiger partial charge in [0.25, 0.3) is 0 Å². The summed E-state index contributed by atoms with van der Waals surface area (Å²) in [5.41, 5.74) is 1.28. The molecule has 0 radical (unpaired) electrons. The Balaban J connectivity index is 1.85. The Bertz CT molecular complexity index is 318. The Morgan fingerprint density at radius 1 is 1.69 bits per heavy atom. The van der Waals surface area contributed by atoms with Crippen LogP contribution in [0.2, 0.25) is 0 Å². The first kappa shape index (κ1) is 11.6. The Morgan fingerprint density at radius 2 is 2.56 bits per heavy atom. The van der Waals surface area contributed by atoms with Gasteiger partial charge in [-0.1, -0.05) is 6.92 Å². The Hall–Kier alpha value is -0.870. The van der Waals surface area contributed by atoms with Crippen molar-refractivity contribution in [1.82, 2.24) is 15.1 Å². The molecule has 2 unspecified atom stereocenters. The van der Waals surface area contributed by atoms with Gasteiger partial charge >= 0.3 is 0 Å². The summed E-state index contributed by atoms with van der Waals surface area (Å²) in [6.45, 7) is 5.09. The predicted molar refractivity (Wildman–Crippen MR) is 63.2 cm³/mol. The number of hydrogen-bond acceptors (Lipinski definition) is 3. The van der Waals surface area contributed by atoms with Crippen LogP contribution in [0.1, 0.15) is 31.4 Å². The van der Waals surface area contributed by atoms with Crippen molar-refractivity contribution in [2.24, 2.45) is 13.0 Å². The molecule has 4 nitrogen and oxygen atoms in total. The molecule has 0 spiro atoms. The highest BCUT2D eigenvalue weighted by molar-refractivity contribution is 5.09. The second-order valence-corrected chi connectivity index (χ2v) is 4.55. The zero-order chi connectivity index (χ0) is 11.4. The van der Waals surface area contributed by atoms with Crippen molar-refractivity contribution in [3.8, 4) is 0 Å². The first-order valence-corrected chi connectivity index (χ1v) is 6.09. The smallest absolute Gasteiger partial charge is 0.0537 e. The number of nitrogens with one attached hydrogen (secondary N) is 1. The average molecular weight is 223 g/mol. The molecule has 1 aliphatic heterocycles. The van der Waals surface area contributed by atoms with Gasteiger partial charge in [0, 0.05) is 38.0 Å². The van der Waals surface area contributed by atoms with Gasteiger partial charge in [-0.2, -0.15) is 5.10 Å². The number of nitrogens with zero attached hydrogens (tertiary/aromatic N) is 2. The van der Waals surface area contributed by atoms with Crippen molar-refractivity contribution >= 4 is 0 Å². The fourth-order valence-corrected chi connectivity index (χ4v) is 2.17. The van der Waals surface area contributed by atoms with Crippen molar-refractivity contribution in [1.29, 1.82) is 0 Å². The highest BCUT2D eigenvalue weighted by Crippen LogP contribution is 2.17. The van der Waals surface area contributed by atoms with Gasteiger partial charge in [-0.15, -0.1) is 0 Å². The zero-order valence-corrected chi connectivity index (χ0v) is 10.1. The van der Waals surface area contributed by atoms with E-state index in [2.05, 4.69) is 23.5 Å². The van der Waals surface area contributed by atoms with Crippen LogP contribution in [0.3, 0.4) is 0 Å². The second-order valence-electron chi connectivity index (χ2n) is 4.55. The van der Waals surface area contributed by atoms with E-state index in [0.29, 0.717) is 12.0 Å². The predicted octanol–water partition coefficient (Wildman–Crippen LogP) is 1.50. The van der Waals surface area contributed by atoms with Crippen LogP contribution in [-0.2, 0) is 11.8 Å². The molecule has 2 atom stereocenters. The van der Waals surface area contributed by atoms with Crippen molar-refractivity contribution in [2.75, 3.05) is 19.8 Å². The summed E-state index contributed by atoms with van der Waals surface area (Å²) in [5, 5.41) is 7.82. The van der Waals surface area contributed by atoms with E-state index >= 15 is 0 Å². The van der Waals surface area contributed by atoms with Crippen molar-refractivity contribution in [3.63, 3.8) is 0 Å². The molecule has 0 saturated carbocycles. The number of rotatable bonds is 5. The largest absolute Gasteiger partial charge is 0.381 e. The van der Waals surface area contributed by atoms with Crippen LogP contribution < -0.4 is 5.32 Å². The van der Waals surface area contributed by atoms with Crippen LogP contribution in [0, 0.1) is 5.92 Å². The number of aryl methyl sites for hydroxylation is 1. The van der Waals surface area contributed by atoms with Gasteiger partial charge < -0.3 is 10.1 Å². The van der Waals surface area contributed by atoms with Crippen LogP contribution in [0.4, 0.5) is 0 Å². The molecule has 1 aromatic rings. The van der Waals surface area contributed by atoms with Gasteiger partial charge in [-0.25, -0.2) is 0 Å². The topological polar surface area (TPSA) is 39.1 Å². The van der Waals surface area contributed by atoms with E-state index in [4.69, 9.17) is 4.74 Å². The average Bonchev–Trinajstić information content (AvgIpc) is 2.91. The standard InChI is InChI=1S/C12H21N3O/c1-3-12(11-7-14-15(2)8-11)13-6-10-4-5-16-9-10/h7-8,10,12-13H,3-6,9H2,1-2H3. The molecule has 1 saturated heterocycles. The number of ether oxygens (including phenoxy) is 1. The van der Waals surface area contributed by atoms with Crippen LogP contribution in [0.25, 0.3) is 0 Å². The first-order valence-electron chi connectivity index (χ1n) is 6.09. The summed E-state index contributed by atoms with van der Waals surface area (Å²) in [6.07, 6.45) is 6.33. The lowest BCUT2D eigenvalue weighted by Crippen LogP contribution is -2.27. The lowest BCUT2D eigenvalue weighted by molar-refractivity contribution is 0.184. The summed E-state index contributed by atoms with van der Waals surface area (Å²) in [7, 11) is 1.96. The molecule has 1 N–H and O–H groups in total. The lowest BCUT2D eigenvalue weighted by atomic mass is 10.1. The molecule has 16 heavy (non-hydrogen) atoms. The summed E-state index contributed by atoms with van der Waals surface area (Å²) in [4.78, 5) is 0. The maximum absolute atomic E-state index is 5.38. The summed E-state index contributed by atoms with van der Waals surface area (Å²) < 4.78 is 7.24. The highest BCUT2D eigenvalue weighted by atomic mass is 16.5. The second kappa shape index (κ2) is 5.46. The Labute approximate surface area is 97.0 Å². The number of hydrogen-bond donors (Lipinski definition) is 1. The van der Waals surface area contributed by atoms with Gasteiger partial charge in [0.05, 0.1) is 12.8 Å². The van der Waals surface area contributed by atoms with Crippen molar-refractivity contribution < 1.29 is 4.74 Å². The first-order chi connectivity index (χ1) is 7.79. The van der Waals surface area contributed by atoms with Gasteiger partial charge in [-0.05, 0) is 18.8 Å². The third kappa shape index (κ3) is 2.83. The minimum atomic E-state index is 0.425. The molecule has 2 heterocycles. The monoisotopic (exact) mass is 223 g/mol. The minimum absolute atomic E-state index is 0.425. The van der Waals surface area contributed by atoms with Gasteiger partial charge in [0.2, 0.25) is 0 Å². The quantitative estimate of drug-likeness (QED) is 0.822. The molecule has 90 valence electrons. The third-order valence-corrected chi connectivity index (χ3v) is 3.21. The van der Waals surface area contributed by atoms with E-state index in [1.54, 1.807) is 0 Å². The molecule has 0 aromatic carbocycles. The number of aromatic nitrogens is 2. The van der Waals surface area contributed by atoms with Gasteiger partial charge in [-0.3, -0.25) is 4.68 Å². The SMILES string of the molecule is CCC(NCC1CCOC1)c1cnn(C)c1. The maximum Gasteiger partial charge on any atom is 0.0537 e. The van der Waals surface area contributed by atoms with E-state index in [0.717, 1.165) is 26.2 Å². The Morgan fingerprint density at radius 3 is 3.12 bits per heavy atom. The Kier molecular flexibility index (Phi) is 3.96. The molecular formula is C12H21N3O. The molecule has 2 rings (SSSR count). The van der Waals surface area contributed by atoms with E-state index in [1.165, 1.54) is 12.0 Å². The molecule has 1 aliphatic rings. The van der Waals surface area contributed by atoms with Crippen molar-refractivity contribution in [3.05, 3.63) is 18.0 Å². The molecular weight excluding hydrogens is 202 g/mol. The van der Waals surface area contributed by atoms with Gasteiger partial charge in [0.1, 0.15) is 0 Å². The van der Waals surface area contributed by atoms with Crippen LogP contribution >= 0.6 is 0 Å². The van der Waals surface area contributed by atoms with E-state index in [-0.39, 0.29) is 0 Å². The van der Waals surface area contributed by atoms with E-state index in [1.807, 2.05) is 17.9 Å². The summed E-state index contributed by atoms with van der Waals surface area (Å²) in [5.74, 6) is 0.686. The molecule has 0 bridgehead atoms. The van der Waals surface area contributed by atoms with Gasteiger partial charge in [0.15, 0.2) is 0 Å². The highest BCUT2D eigenvalue weighted by Gasteiger charge is 2.18. The molecule has 0 aliphatic carbocycles. The molecule has 1 aromatic heterocycles. The molecule has 1 fully saturated rings. The molecule has 4 heteroatoms. The maximum atomic E-state index is 5.38. The van der Waals surface area contributed by atoms with Crippen LogP contribution in [0.15, 0.2) is 12.4 Å². The lowest BCUT2D eigenvalue weighted by Gasteiger charge is -2.17. The molecule has 0 amide bonds. The fraction of sp³-hybridized carbons (Fsp3) is 0.750. The minimum Gasteiger partial charge on any atom is -0.381 e. The van der Waals surface area contributed by atoms with E-state index in [9.17, 15) is 0 Å². The summed E-state index contributed by atoms with van der Waals surface area (Å²) in [6, 6.07) is 0.425. The summed E-state index contributed by atoms with van der Waals surface area (Å²) >= 11 is 0. The fourth-order valence-electron chi connectivity index (χ4n) is 2.17. The van der Waals surface area contributed by atoms with Crippen molar-refractivity contribution in [2.45, 2.75) is 25.8 Å². The zero-order valence-electron chi connectivity index (χ0n) is 10.1. The van der Waals surface area contributed by atoms with Crippen LogP contribution in [-0.4, -0.2) is 29.5 Å².